The second kappa shape index (κ2) is 9.61. The van der Waals surface area contributed by atoms with Gasteiger partial charge < -0.3 is 14.8 Å². The molecule has 0 heterocycles. The number of nitrogens with one attached hydrogen (secondary N) is 1. The molecule has 0 spiro atoms. The number of carbonyl (C=O) groups excluding carboxylic acids is 2. The van der Waals surface area contributed by atoms with E-state index < -0.39 is 18.0 Å². The van der Waals surface area contributed by atoms with Gasteiger partial charge in [0.25, 0.3) is 5.91 Å². The van der Waals surface area contributed by atoms with Gasteiger partial charge in [-0.3, -0.25) is 9.59 Å². The number of amides is 1. The third kappa shape index (κ3) is 5.09. The molecule has 0 saturated heterocycles. The van der Waals surface area contributed by atoms with Crippen LogP contribution in [-0.4, -0.2) is 24.6 Å². The van der Waals surface area contributed by atoms with Crippen molar-refractivity contribution in [2.75, 3.05) is 11.9 Å². The van der Waals surface area contributed by atoms with Crippen molar-refractivity contribution < 1.29 is 19.1 Å². The summed E-state index contributed by atoms with van der Waals surface area (Å²) < 4.78 is 10.9. The third-order valence-corrected chi connectivity index (χ3v) is 4.00. The Morgan fingerprint density at radius 1 is 1.00 bits per heavy atom. The van der Waals surface area contributed by atoms with E-state index in [2.05, 4.69) is 5.32 Å². The van der Waals surface area contributed by atoms with E-state index in [0.29, 0.717) is 24.5 Å². The lowest BCUT2D eigenvalue weighted by Gasteiger charge is -2.19. The summed E-state index contributed by atoms with van der Waals surface area (Å²) in [7, 11) is 0. The molecule has 0 saturated carbocycles. The first kappa shape index (κ1) is 19.5. The molecule has 2 rings (SSSR count). The van der Waals surface area contributed by atoms with Crippen molar-refractivity contribution >= 4 is 17.6 Å². The summed E-state index contributed by atoms with van der Waals surface area (Å²) in [5, 5.41) is 2.76. The fourth-order valence-electron chi connectivity index (χ4n) is 2.62. The smallest absolute Gasteiger partial charge is 0.314 e. The molecular weight excluding hydrogens is 330 g/mol. The molecular formula is C21H25NO4. The number of hydrogen-bond donors (Lipinski definition) is 1. The van der Waals surface area contributed by atoms with Gasteiger partial charge in [-0.1, -0.05) is 49.4 Å². The Balaban J connectivity index is 2.01. The summed E-state index contributed by atoms with van der Waals surface area (Å²) in [4.78, 5) is 24.9. The molecule has 0 fully saturated rings. The van der Waals surface area contributed by atoms with Gasteiger partial charge in [0.05, 0.1) is 18.2 Å². The van der Waals surface area contributed by atoms with Crippen molar-refractivity contribution in [3.05, 3.63) is 60.2 Å². The summed E-state index contributed by atoms with van der Waals surface area (Å²) in [6.45, 7) is 5.85. The first-order valence-electron chi connectivity index (χ1n) is 8.84. The Labute approximate surface area is 154 Å². The first-order valence-corrected chi connectivity index (χ1v) is 8.84. The van der Waals surface area contributed by atoms with Crippen LogP contribution in [0, 0.1) is 0 Å². The number of anilines is 1. The highest BCUT2D eigenvalue weighted by Crippen LogP contribution is 2.25. The van der Waals surface area contributed by atoms with Crippen molar-refractivity contribution in [1.29, 1.82) is 0 Å². The maximum Gasteiger partial charge on any atom is 0.314 e. The molecule has 0 aliphatic heterocycles. The van der Waals surface area contributed by atoms with E-state index in [1.807, 2.05) is 50.2 Å². The van der Waals surface area contributed by atoms with Gasteiger partial charge in [0.2, 0.25) is 0 Å². The molecule has 138 valence electrons. The zero-order valence-electron chi connectivity index (χ0n) is 15.4. The minimum Gasteiger partial charge on any atom is -0.492 e. The van der Waals surface area contributed by atoms with Crippen LogP contribution < -0.4 is 10.1 Å². The summed E-state index contributed by atoms with van der Waals surface area (Å²) in [5.41, 5.74) is 1.44. The van der Waals surface area contributed by atoms with E-state index >= 15 is 0 Å². The zero-order valence-corrected chi connectivity index (χ0v) is 15.4. The second-order valence-corrected chi connectivity index (χ2v) is 5.87. The number of ether oxygens (including phenoxy) is 2. The van der Waals surface area contributed by atoms with Gasteiger partial charge in [-0.05, 0) is 38.0 Å². The summed E-state index contributed by atoms with van der Waals surface area (Å²) in [6, 6.07) is 16.6. The molecule has 0 radical (unpaired) electrons. The Hall–Kier alpha value is -2.82. The minimum atomic E-state index is -0.907. The molecule has 26 heavy (non-hydrogen) atoms. The first-order chi connectivity index (χ1) is 12.6. The van der Waals surface area contributed by atoms with E-state index in [1.54, 1.807) is 25.1 Å². The maximum atomic E-state index is 12.5. The van der Waals surface area contributed by atoms with Crippen LogP contribution in [0.25, 0.3) is 0 Å². The van der Waals surface area contributed by atoms with Crippen molar-refractivity contribution in [1.82, 2.24) is 0 Å². The van der Waals surface area contributed by atoms with Crippen LogP contribution >= 0.6 is 0 Å². The van der Waals surface area contributed by atoms with Gasteiger partial charge in [0.1, 0.15) is 5.75 Å². The average molecular weight is 355 g/mol. The van der Waals surface area contributed by atoms with Crippen LogP contribution in [0.2, 0.25) is 0 Å². The molecule has 0 aliphatic rings. The van der Waals surface area contributed by atoms with Crippen molar-refractivity contribution in [3.63, 3.8) is 0 Å². The fourth-order valence-corrected chi connectivity index (χ4v) is 2.62. The number of esters is 1. The molecule has 0 aliphatic carbocycles. The highest BCUT2D eigenvalue weighted by molar-refractivity contribution is 5.96. The third-order valence-electron chi connectivity index (χ3n) is 4.00. The molecule has 2 aromatic carbocycles. The van der Waals surface area contributed by atoms with Crippen LogP contribution in [-0.2, 0) is 14.3 Å². The normalized spacial score (nSPS) is 12.7. The highest BCUT2D eigenvalue weighted by Gasteiger charge is 2.25. The van der Waals surface area contributed by atoms with Gasteiger partial charge >= 0.3 is 5.97 Å². The Morgan fingerprint density at radius 2 is 1.65 bits per heavy atom. The standard InChI is InChI=1S/C21H25NO4/c1-4-17(16-11-7-6-8-12-16)21(24)26-15(3)20(23)22-18-13-9-10-14-19(18)25-5-2/h6-15,17H,4-5H2,1-3H3,(H,22,23). The van der Waals surface area contributed by atoms with Gasteiger partial charge in [-0.25, -0.2) is 0 Å². The highest BCUT2D eigenvalue weighted by atomic mass is 16.5. The molecule has 0 aromatic heterocycles. The van der Waals surface area contributed by atoms with Gasteiger partial charge in [-0.15, -0.1) is 0 Å². The SMILES string of the molecule is CCOc1ccccc1NC(=O)C(C)OC(=O)C(CC)c1ccccc1. The molecule has 0 bridgehead atoms. The predicted molar refractivity (Wildman–Crippen MR) is 101 cm³/mol. The monoisotopic (exact) mass is 355 g/mol. The fraction of sp³-hybridized carbons (Fsp3) is 0.333. The van der Waals surface area contributed by atoms with Crippen molar-refractivity contribution in [2.45, 2.75) is 39.2 Å². The number of para-hydroxylation sites is 2. The van der Waals surface area contributed by atoms with E-state index in [9.17, 15) is 9.59 Å². The molecule has 5 nitrogen and oxygen atoms in total. The van der Waals surface area contributed by atoms with Gasteiger partial charge in [0, 0.05) is 0 Å². The Morgan fingerprint density at radius 3 is 2.31 bits per heavy atom. The van der Waals surface area contributed by atoms with E-state index in [0.717, 1.165) is 5.56 Å². The van der Waals surface area contributed by atoms with Crippen LogP contribution in [0.4, 0.5) is 5.69 Å². The molecule has 1 amide bonds. The molecule has 2 atom stereocenters. The lowest BCUT2D eigenvalue weighted by molar-refractivity contribution is -0.154. The number of hydrogen-bond acceptors (Lipinski definition) is 4. The molecule has 1 N–H and O–H groups in total. The predicted octanol–water partition coefficient (Wildman–Crippen LogP) is 4.15. The molecule has 5 heteroatoms. The quantitative estimate of drug-likeness (QED) is 0.723. The second-order valence-electron chi connectivity index (χ2n) is 5.87. The van der Waals surface area contributed by atoms with Gasteiger partial charge in [-0.2, -0.15) is 0 Å². The van der Waals surface area contributed by atoms with Crippen LogP contribution in [0.1, 0.15) is 38.7 Å². The lowest BCUT2D eigenvalue weighted by Crippen LogP contribution is -2.31. The van der Waals surface area contributed by atoms with Crippen LogP contribution in [0.5, 0.6) is 5.75 Å². The van der Waals surface area contributed by atoms with Crippen molar-refractivity contribution in [3.8, 4) is 5.75 Å². The van der Waals surface area contributed by atoms with E-state index in [1.165, 1.54) is 0 Å². The van der Waals surface area contributed by atoms with Crippen LogP contribution in [0.15, 0.2) is 54.6 Å². The number of carbonyl (C=O) groups is 2. The van der Waals surface area contributed by atoms with E-state index in [-0.39, 0.29) is 5.92 Å². The van der Waals surface area contributed by atoms with Gasteiger partial charge in [0.15, 0.2) is 6.10 Å². The summed E-state index contributed by atoms with van der Waals surface area (Å²) >= 11 is 0. The van der Waals surface area contributed by atoms with Crippen LogP contribution in [0.3, 0.4) is 0 Å². The Kier molecular flexibility index (Phi) is 7.21. The average Bonchev–Trinajstić information content (AvgIpc) is 2.65. The topological polar surface area (TPSA) is 64.6 Å². The summed E-state index contributed by atoms with van der Waals surface area (Å²) in [6.07, 6.45) is -0.306. The zero-order chi connectivity index (χ0) is 18.9. The Bertz CT molecular complexity index is 730. The summed E-state index contributed by atoms with van der Waals surface area (Å²) in [5.74, 6) is -0.604. The number of rotatable bonds is 8. The maximum absolute atomic E-state index is 12.5. The van der Waals surface area contributed by atoms with Crippen molar-refractivity contribution in [2.24, 2.45) is 0 Å². The largest absolute Gasteiger partial charge is 0.492 e. The van der Waals surface area contributed by atoms with E-state index in [4.69, 9.17) is 9.47 Å². The number of benzene rings is 2. The molecule has 2 unspecified atom stereocenters. The molecule has 2 aromatic rings. The lowest BCUT2D eigenvalue weighted by atomic mass is 9.97. The minimum absolute atomic E-state index is 0.387.